The average molecular weight is 385 g/mol. The highest BCUT2D eigenvalue weighted by Crippen LogP contribution is 2.46. The van der Waals surface area contributed by atoms with Gasteiger partial charge in [0.25, 0.3) is 5.92 Å². The van der Waals surface area contributed by atoms with E-state index in [2.05, 4.69) is 0 Å². The second-order valence-corrected chi connectivity index (χ2v) is 7.66. The number of hydrogen-bond acceptors (Lipinski definition) is 2. The van der Waals surface area contributed by atoms with Crippen LogP contribution in [0.25, 0.3) is 0 Å². The molecule has 0 bridgehead atoms. The zero-order valence-electron chi connectivity index (χ0n) is 14.6. The fourth-order valence-electron chi connectivity index (χ4n) is 3.98. The smallest absolute Gasteiger partial charge is 0.303 e. The third kappa shape index (κ3) is 4.76. The van der Waals surface area contributed by atoms with Gasteiger partial charge in [0.05, 0.1) is 0 Å². The standard InChI is InChI=1S/C20H23ClF2O3/c21-18-9-16(7-5-14(18)6-8-19(24)25)26-12-15-10-20(22,23)11-17(15)13-3-1-2-4-13/h5,7,9,13H,1-4,6,8,10-12H2,(H,24,25). The van der Waals surface area contributed by atoms with E-state index >= 15 is 0 Å². The summed E-state index contributed by atoms with van der Waals surface area (Å²) in [6, 6.07) is 5.07. The lowest BCUT2D eigenvalue weighted by atomic mass is 9.94. The molecule has 26 heavy (non-hydrogen) atoms. The van der Waals surface area contributed by atoms with Gasteiger partial charge in [0.1, 0.15) is 12.4 Å². The number of alkyl halides is 2. The van der Waals surface area contributed by atoms with Crippen molar-refractivity contribution in [2.75, 3.05) is 6.61 Å². The second-order valence-electron chi connectivity index (χ2n) is 7.26. The maximum atomic E-state index is 13.9. The molecule has 0 aliphatic heterocycles. The molecule has 1 aromatic carbocycles. The van der Waals surface area contributed by atoms with Crippen molar-refractivity contribution < 1.29 is 23.4 Å². The molecule has 0 amide bonds. The van der Waals surface area contributed by atoms with Crippen molar-refractivity contribution in [2.45, 2.75) is 57.3 Å². The number of carboxylic acid groups (broad SMARTS) is 1. The minimum absolute atomic E-state index is 0.00659. The van der Waals surface area contributed by atoms with E-state index < -0.39 is 11.9 Å². The van der Waals surface area contributed by atoms with Crippen LogP contribution < -0.4 is 4.74 Å². The molecule has 0 atom stereocenters. The summed E-state index contributed by atoms with van der Waals surface area (Å²) in [5.41, 5.74) is 2.37. The maximum absolute atomic E-state index is 13.9. The van der Waals surface area contributed by atoms with Gasteiger partial charge in [-0.25, -0.2) is 8.78 Å². The second kappa shape index (κ2) is 7.95. The SMILES string of the molecule is O=C(O)CCc1ccc(OCC2=C(C3CCCC3)CC(F)(F)C2)cc1Cl. The highest BCUT2D eigenvalue weighted by molar-refractivity contribution is 6.31. The Morgan fingerprint density at radius 3 is 2.65 bits per heavy atom. The van der Waals surface area contributed by atoms with Crippen LogP contribution in [0.2, 0.25) is 5.02 Å². The summed E-state index contributed by atoms with van der Waals surface area (Å²) in [5, 5.41) is 9.18. The Bertz CT molecular complexity index is 709. The lowest BCUT2D eigenvalue weighted by Crippen LogP contribution is -2.12. The Balaban J connectivity index is 1.66. The third-order valence-electron chi connectivity index (χ3n) is 5.27. The molecule has 3 nitrogen and oxygen atoms in total. The van der Waals surface area contributed by atoms with Crippen molar-refractivity contribution in [3.63, 3.8) is 0 Å². The minimum atomic E-state index is -2.66. The van der Waals surface area contributed by atoms with Crippen LogP contribution in [0.3, 0.4) is 0 Å². The van der Waals surface area contributed by atoms with Gasteiger partial charge in [-0.3, -0.25) is 4.79 Å². The summed E-state index contributed by atoms with van der Waals surface area (Å²) in [6.45, 7) is 0.159. The molecule has 1 saturated carbocycles. The normalized spacial score (nSPS) is 20.0. The number of halogens is 3. The van der Waals surface area contributed by atoms with Gasteiger partial charge >= 0.3 is 5.97 Å². The number of carbonyl (C=O) groups is 1. The van der Waals surface area contributed by atoms with Crippen LogP contribution in [0.1, 0.15) is 50.5 Å². The molecule has 2 aliphatic carbocycles. The van der Waals surface area contributed by atoms with E-state index in [1.54, 1.807) is 18.2 Å². The van der Waals surface area contributed by atoms with Gasteiger partial charge in [-0.2, -0.15) is 0 Å². The van der Waals surface area contributed by atoms with Crippen LogP contribution >= 0.6 is 11.6 Å². The van der Waals surface area contributed by atoms with E-state index in [1.165, 1.54) is 0 Å². The van der Waals surface area contributed by atoms with E-state index in [-0.39, 0.29) is 31.8 Å². The molecular formula is C20H23ClF2O3. The first kappa shape index (κ1) is 19.2. The van der Waals surface area contributed by atoms with Crippen molar-refractivity contribution in [2.24, 2.45) is 5.92 Å². The van der Waals surface area contributed by atoms with Crippen molar-refractivity contribution in [1.29, 1.82) is 0 Å². The Labute approximate surface area is 157 Å². The van der Waals surface area contributed by atoms with Gasteiger partial charge in [-0.05, 0) is 48.4 Å². The Kier molecular flexibility index (Phi) is 5.86. The van der Waals surface area contributed by atoms with Crippen molar-refractivity contribution in [3.8, 4) is 5.75 Å². The summed E-state index contributed by atoms with van der Waals surface area (Å²) in [6.07, 6.45) is 4.22. The van der Waals surface area contributed by atoms with E-state index in [0.717, 1.165) is 42.4 Å². The van der Waals surface area contributed by atoms with E-state index in [1.807, 2.05) is 0 Å². The summed E-state index contributed by atoms with van der Waals surface area (Å²) >= 11 is 6.18. The van der Waals surface area contributed by atoms with Gasteiger partial charge in [0, 0.05) is 24.3 Å². The van der Waals surface area contributed by atoms with Crippen LogP contribution in [-0.2, 0) is 11.2 Å². The molecule has 0 spiro atoms. The van der Waals surface area contributed by atoms with Crippen LogP contribution in [0.15, 0.2) is 29.3 Å². The summed E-state index contributed by atoms with van der Waals surface area (Å²) < 4.78 is 33.6. The van der Waals surface area contributed by atoms with Crippen LogP contribution in [0, 0.1) is 5.92 Å². The number of ether oxygens (including phenoxy) is 1. The zero-order valence-corrected chi connectivity index (χ0v) is 15.3. The monoisotopic (exact) mass is 384 g/mol. The van der Waals surface area contributed by atoms with Crippen molar-refractivity contribution in [1.82, 2.24) is 0 Å². The first-order chi connectivity index (χ1) is 12.3. The largest absolute Gasteiger partial charge is 0.489 e. The summed E-state index contributed by atoms with van der Waals surface area (Å²) in [7, 11) is 0. The molecule has 0 unspecified atom stereocenters. The molecule has 0 radical (unpaired) electrons. The van der Waals surface area contributed by atoms with Crippen molar-refractivity contribution >= 4 is 17.6 Å². The first-order valence-electron chi connectivity index (χ1n) is 9.06. The van der Waals surface area contributed by atoms with E-state index in [0.29, 0.717) is 17.2 Å². The molecule has 0 heterocycles. The topological polar surface area (TPSA) is 46.5 Å². The summed E-state index contributed by atoms with van der Waals surface area (Å²) in [5.74, 6) is -2.74. The third-order valence-corrected chi connectivity index (χ3v) is 5.62. The quantitative estimate of drug-likeness (QED) is 0.618. The average Bonchev–Trinajstić information content (AvgIpc) is 3.19. The van der Waals surface area contributed by atoms with Gasteiger partial charge in [0.15, 0.2) is 0 Å². The Morgan fingerprint density at radius 2 is 2.00 bits per heavy atom. The van der Waals surface area contributed by atoms with Crippen LogP contribution in [0.4, 0.5) is 8.78 Å². The van der Waals surface area contributed by atoms with E-state index in [9.17, 15) is 13.6 Å². The number of allylic oxidation sites excluding steroid dienone is 1. The van der Waals surface area contributed by atoms with E-state index in [4.69, 9.17) is 21.4 Å². The molecule has 6 heteroatoms. The predicted octanol–water partition coefficient (Wildman–Crippen LogP) is 5.65. The highest BCUT2D eigenvalue weighted by atomic mass is 35.5. The number of rotatable bonds is 7. The number of aliphatic carboxylic acids is 1. The summed E-state index contributed by atoms with van der Waals surface area (Å²) in [4.78, 5) is 10.7. The molecule has 3 rings (SSSR count). The molecule has 1 fully saturated rings. The highest BCUT2D eigenvalue weighted by Gasteiger charge is 2.41. The number of aryl methyl sites for hydroxylation is 1. The molecule has 142 valence electrons. The molecule has 0 aromatic heterocycles. The molecule has 0 saturated heterocycles. The lowest BCUT2D eigenvalue weighted by Gasteiger charge is -2.15. The Morgan fingerprint density at radius 1 is 1.27 bits per heavy atom. The van der Waals surface area contributed by atoms with Gasteiger partial charge in [-0.15, -0.1) is 0 Å². The predicted molar refractivity (Wildman–Crippen MR) is 96.1 cm³/mol. The first-order valence-corrected chi connectivity index (χ1v) is 9.43. The van der Waals surface area contributed by atoms with Crippen molar-refractivity contribution in [3.05, 3.63) is 39.9 Å². The molecule has 1 N–H and O–H groups in total. The van der Waals surface area contributed by atoms with Crippen LogP contribution in [0.5, 0.6) is 5.75 Å². The lowest BCUT2D eigenvalue weighted by molar-refractivity contribution is -0.136. The zero-order chi connectivity index (χ0) is 18.7. The number of carboxylic acids is 1. The van der Waals surface area contributed by atoms with Gasteiger partial charge in [-0.1, -0.05) is 36.1 Å². The molecule has 1 aromatic rings. The maximum Gasteiger partial charge on any atom is 0.303 e. The minimum Gasteiger partial charge on any atom is -0.489 e. The van der Waals surface area contributed by atoms with Gasteiger partial charge < -0.3 is 9.84 Å². The number of benzene rings is 1. The Hall–Kier alpha value is -1.62. The van der Waals surface area contributed by atoms with Crippen LogP contribution in [-0.4, -0.2) is 23.6 Å². The molecular weight excluding hydrogens is 362 g/mol. The molecule has 2 aliphatic rings. The van der Waals surface area contributed by atoms with Gasteiger partial charge in [0.2, 0.25) is 0 Å². The number of hydrogen-bond donors (Lipinski definition) is 1. The fourth-order valence-corrected chi connectivity index (χ4v) is 4.24. The fraction of sp³-hybridized carbons (Fsp3) is 0.550.